The van der Waals surface area contributed by atoms with Crippen LogP contribution < -0.4 is 5.32 Å². The summed E-state index contributed by atoms with van der Waals surface area (Å²) in [6, 6.07) is -0.637. The summed E-state index contributed by atoms with van der Waals surface area (Å²) in [7, 11) is 0. The van der Waals surface area contributed by atoms with Crippen LogP contribution in [0.5, 0.6) is 0 Å². The molecule has 0 saturated heterocycles. The number of hydrogen-bond acceptors (Lipinski definition) is 5. The summed E-state index contributed by atoms with van der Waals surface area (Å²) in [6.45, 7) is 4.87. The Kier molecular flexibility index (Phi) is 63.5. The van der Waals surface area contributed by atoms with Crippen molar-refractivity contribution < 1.29 is 24.5 Å². The van der Waals surface area contributed by atoms with E-state index >= 15 is 0 Å². The van der Waals surface area contributed by atoms with Gasteiger partial charge >= 0.3 is 5.97 Å². The molecule has 76 heavy (non-hydrogen) atoms. The maximum atomic E-state index is 12.5. The minimum absolute atomic E-state index is 0.00892. The van der Waals surface area contributed by atoms with Crippen molar-refractivity contribution in [1.82, 2.24) is 5.32 Å². The quantitative estimate of drug-likeness (QED) is 0.0320. The Labute approximate surface area is 474 Å². The second-order valence-electron chi connectivity index (χ2n) is 23.1. The topological polar surface area (TPSA) is 95.9 Å². The van der Waals surface area contributed by atoms with Gasteiger partial charge in [-0.05, 0) is 83.5 Å². The maximum absolute atomic E-state index is 12.5. The highest BCUT2D eigenvalue weighted by Crippen LogP contribution is 2.18. The van der Waals surface area contributed by atoms with Gasteiger partial charge in [0.25, 0.3) is 0 Å². The van der Waals surface area contributed by atoms with E-state index < -0.39 is 12.1 Å². The first-order valence-electron chi connectivity index (χ1n) is 33.9. The van der Waals surface area contributed by atoms with Crippen LogP contribution >= 0.6 is 0 Å². The Morgan fingerprint density at radius 3 is 1.05 bits per heavy atom. The van der Waals surface area contributed by atoms with Gasteiger partial charge < -0.3 is 20.3 Å². The first-order chi connectivity index (χ1) is 37.5. The number of ether oxygens (including phenoxy) is 1. The van der Waals surface area contributed by atoms with E-state index in [1.54, 1.807) is 6.08 Å². The Bertz CT molecular complexity index is 1270. The second-order valence-corrected chi connectivity index (χ2v) is 23.1. The van der Waals surface area contributed by atoms with Gasteiger partial charge in [-0.25, -0.2) is 0 Å². The SMILES string of the molecule is CCCC/C=C\C/C=C\CCCCCCCC(=O)OCCCCCCCCCCC/C=C\CCCCCCCCCC(=O)NC(CO)C(O)/C=C/CCCCCCCCCCCCCCCCCCCCCCCCC. The predicted molar refractivity (Wildman–Crippen MR) is 333 cm³/mol. The number of amides is 1. The molecule has 0 aromatic carbocycles. The molecule has 0 aliphatic rings. The van der Waals surface area contributed by atoms with Gasteiger partial charge in [0.2, 0.25) is 5.91 Å². The zero-order valence-electron chi connectivity index (χ0n) is 51.0. The van der Waals surface area contributed by atoms with Crippen molar-refractivity contribution >= 4 is 11.9 Å². The summed E-state index contributed by atoms with van der Waals surface area (Å²) in [6.07, 6.45) is 84.6. The number of unbranched alkanes of at least 4 members (excludes halogenated alkanes) is 46. The van der Waals surface area contributed by atoms with Crippen LogP contribution in [0.15, 0.2) is 48.6 Å². The van der Waals surface area contributed by atoms with Gasteiger partial charge in [-0.2, -0.15) is 0 Å². The van der Waals surface area contributed by atoms with Gasteiger partial charge in [0.15, 0.2) is 0 Å². The molecule has 0 rings (SSSR count). The van der Waals surface area contributed by atoms with Gasteiger partial charge in [0.1, 0.15) is 0 Å². The van der Waals surface area contributed by atoms with E-state index in [1.165, 1.54) is 276 Å². The first kappa shape index (κ1) is 73.8. The lowest BCUT2D eigenvalue weighted by molar-refractivity contribution is -0.143. The minimum Gasteiger partial charge on any atom is -0.466 e. The molecule has 3 N–H and O–H groups in total. The molecule has 0 radical (unpaired) electrons. The van der Waals surface area contributed by atoms with Crippen LogP contribution in [0.2, 0.25) is 0 Å². The molecule has 0 aromatic heterocycles. The van der Waals surface area contributed by atoms with Crippen LogP contribution in [0.25, 0.3) is 0 Å². The molecular formula is C70H131NO5. The van der Waals surface area contributed by atoms with Crippen LogP contribution in [0, 0.1) is 0 Å². The fourth-order valence-electron chi connectivity index (χ4n) is 10.4. The molecule has 0 bridgehead atoms. The van der Waals surface area contributed by atoms with Crippen LogP contribution in [-0.4, -0.2) is 47.4 Å². The predicted octanol–water partition coefficient (Wildman–Crippen LogP) is 21.7. The zero-order chi connectivity index (χ0) is 55.0. The number of carbonyl (C=O) groups excluding carboxylic acids is 2. The molecule has 0 aromatic rings. The van der Waals surface area contributed by atoms with E-state index in [4.69, 9.17) is 4.74 Å². The summed E-state index contributed by atoms with van der Waals surface area (Å²) < 4.78 is 5.47. The van der Waals surface area contributed by atoms with Gasteiger partial charge in [-0.3, -0.25) is 9.59 Å². The Morgan fingerprint density at radius 2 is 0.671 bits per heavy atom. The monoisotopic (exact) mass is 1070 g/mol. The summed E-state index contributed by atoms with van der Waals surface area (Å²) in [5, 5.41) is 23.3. The van der Waals surface area contributed by atoms with Gasteiger partial charge in [-0.15, -0.1) is 0 Å². The molecule has 2 unspecified atom stereocenters. The number of esters is 1. The van der Waals surface area contributed by atoms with Crippen molar-refractivity contribution in [1.29, 1.82) is 0 Å². The Hall–Kier alpha value is -2.18. The normalized spacial score (nSPS) is 12.8. The van der Waals surface area contributed by atoms with Crippen LogP contribution in [0.3, 0.4) is 0 Å². The third kappa shape index (κ3) is 61.0. The highest BCUT2D eigenvalue weighted by atomic mass is 16.5. The molecule has 1 amide bonds. The van der Waals surface area contributed by atoms with Crippen LogP contribution in [-0.2, 0) is 14.3 Å². The summed E-state index contributed by atoms with van der Waals surface area (Å²) in [5.41, 5.74) is 0. The Morgan fingerprint density at radius 1 is 0.368 bits per heavy atom. The molecule has 6 heteroatoms. The van der Waals surface area contributed by atoms with Crippen molar-refractivity contribution in [3.8, 4) is 0 Å². The minimum atomic E-state index is -0.853. The highest BCUT2D eigenvalue weighted by Gasteiger charge is 2.18. The molecular weight excluding hydrogens is 935 g/mol. The molecule has 446 valence electrons. The molecule has 0 saturated carbocycles. The fraction of sp³-hybridized carbons (Fsp3) is 0.857. The Balaban J connectivity index is 3.47. The van der Waals surface area contributed by atoms with E-state index in [1.807, 2.05) is 6.08 Å². The fourth-order valence-corrected chi connectivity index (χ4v) is 10.4. The van der Waals surface area contributed by atoms with Gasteiger partial charge in [0.05, 0.1) is 25.4 Å². The van der Waals surface area contributed by atoms with Gasteiger partial charge in [-0.1, -0.05) is 313 Å². The van der Waals surface area contributed by atoms with Crippen LogP contribution in [0.4, 0.5) is 0 Å². The van der Waals surface area contributed by atoms with Crippen molar-refractivity contribution in [3.63, 3.8) is 0 Å². The number of hydrogen-bond donors (Lipinski definition) is 3. The summed E-state index contributed by atoms with van der Waals surface area (Å²) in [5.74, 6) is -0.0828. The van der Waals surface area contributed by atoms with Crippen molar-refractivity contribution in [2.75, 3.05) is 13.2 Å². The number of aliphatic hydroxyl groups excluding tert-OH is 2. The maximum Gasteiger partial charge on any atom is 0.305 e. The molecule has 0 fully saturated rings. The molecule has 0 aliphatic heterocycles. The molecule has 2 atom stereocenters. The van der Waals surface area contributed by atoms with Gasteiger partial charge in [0, 0.05) is 12.8 Å². The number of carbonyl (C=O) groups is 2. The molecule has 0 spiro atoms. The van der Waals surface area contributed by atoms with E-state index in [0.29, 0.717) is 19.4 Å². The molecule has 6 nitrogen and oxygen atoms in total. The lowest BCUT2D eigenvalue weighted by Gasteiger charge is -2.20. The largest absolute Gasteiger partial charge is 0.466 e. The van der Waals surface area contributed by atoms with E-state index in [0.717, 1.165) is 57.8 Å². The number of allylic oxidation sites excluding steroid dienone is 7. The molecule has 0 heterocycles. The smallest absolute Gasteiger partial charge is 0.305 e. The summed E-state index contributed by atoms with van der Waals surface area (Å²) >= 11 is 0. The lowest BCUT2D eigenvalue weighted by Crippen LogP contribution is -2.45. The number of nitrogens with one attached hydrogen (secondary N) is 1. The van der Waals surface area contributed by atoms with Crippen molar-refractivity contribution in [2.45, 2.75) is 373 Å². The van der Waals surface area contributed by atoms with E-state index in [-0.39, 0.29) is 18.5 Å². The van der Waals surface area contributed by atoms with Crippen molar-refractivity contribution in [3.05, 3.63) is 48.6 Å². The highest BCUT2D eigenvalue weighted by molar-refractivity contribution is 5.76. The van der Waals surface area contributed by atoms with Crippen molar-refractivity contribution in [2.24, 2.45) is 0 Å². The lowest BCUT2D eigenvalue weighted by atomic mass is 10.0. The summed E-state index contributed by atoms with van der Waals surface area (Å²) in [4.78, 5) is 24.6. The van der Waals surface area contributed by atoms with E-state index in [9.17, 15) is 19.8 Å². The average Bonchev–Trinajstić information content (AvgIpc) is 3.42. The first-order valence-corrected chi connectivity index (χ1v) is 33.9. The molecule has 0 aliphatic carbocycles. The third-order valence-corrected chi connectivity index (χ3v) is 15.6. The standard InChI is InChI=1S/C70H131NO5/c1-3-5-7-9-11-13-15-17-19-20-21-22-23-24-25-26-29-32-35-38-42-46-50-54-58-62-68(73)67(66-72)71-69(74)63-59-55-51-47-43-39-36-33-30-27-28-31-34-37-41-45-49-53-57-61-65-76-70(75)64-60-56-52-48-44-40-18-16-14-12-10-8-6-4-2/h10,12,16,18,27,30,58,62,67-68,72-73H,3-9,11,13-15,17,19-26,28-29,31-57,59-61,63-66H2,1-2H3,(H,71,74)/b12-10-,18-16-,30-27-,62-58+. The number of aliphatic hydroxyl groups is 2. The number of rotatable bonds is 63. The van der Waals surface area contributed by atoms with Crippen LogP contribution in [0.1, 0.15) is 361 Å². The third-order valence-electron chi connectivity index (χ3n) is 15.6. The average molecular weight is 1070 g/mol. The zero-order valence-corrected chi connectivity index (χ0v) is 51.0. The van der Waals surface area contributed by atoms with E-state index in [2.05, 4.69) is 55.6 Å². The second kappa shape index (κ2) is 65.3.